The topological polar surface area (TPSA) is 49.8 Å². The number of benzene rings is 1. The Morgan fingerprint density at radius 1 is 1.58 bits per heavy atom. The Hall–Kier alpha value is -1.26. The Labute approximate surface area is 117 Å². The van der Waals surface area contributed by atoms with Gasteiger partial charge >= 0.3 is 0 Å². The zero-order valence-corrected chi connectivity index (χ0v) is 11.9. The average Bonchev–Trinajstić information content (AvgIpc) is 3.20. The van der Waals surface area contributed by atoms with E-state index in [1.165, 1.54) is 0 Å². The molecule has 1 aromatic carbocycles. The van der Waals surface area contributed by atoms with Crippen molar-refractivity contribution in [3.63, 3.8) is 0 Å². The number of carbonyl (C=O) groups is 1. The summed E-state index contributed by atoms with van der Waals surface area (Å²) in [5.41, 5.74) is 0.592. The van der Waals surface area contributed by atoms with Gasteiger partial charge in [0.2, 0.25) is 0 Å². The Morgan fingerprint density at radius 3 is 2.84 bits per heavy atom. The molecular weight excluding hydrogens is 266 g/mol. The first-order valence-electron chi connectivity index (χ1n) is 6.35. The number of nitrogens with zero attached hydrogens (tertiary/aromatic N) is 1. The molecule has 1 aliphatic carbocycles. The summed E-state index contributed by atoms with van der Waals surface area (Å²) in [5.74, 6) is 0.450. The fraction of sp³-hybridized carbons (Fsp3) is 0.500. The molecule has 4 nitrogen and oxygen atoms in total. The highest BCUT2D eigenvalue weighted by Crippen LogP contribution is 2.29. The van der Waals surface area contributed by atoms with E-state index in [4.69, 9.17) is 16.3 Å². The third kappa shape index (κ3) is 3.61. The number of hydrogen-bond donors (Lipinski definition) is 1. The molecule has 1 aromatic rings. The number of hydrogen-bond acceptors (Lipinski definition) is 3. The van der Waals surface area contributed by atoms with Crippen LogP contribution in [0.5, 0.6) is 5.75 Å². The van der Waals surface area contributed by atoms with Crippen molar-refractivity contribution in [1.29, 1.82) is 0 Å². The van der Waals surface area contributed by atoms with E-state index in [0.717, 1.165) is 12.8 Å². The highest BCUT2D eigenvalue weighted by atomic mass is 35.5. The lowest BCUT2D eigenvalue weighted by Crippen LogP contribution is -2.33. The number of halogens is 1. The van der Waals surface area contributed by atoms with Crippen LogP contribution >= 0.6 is 11.6 Å². The van der Waals surface area contributed by atoms with Gasteiger partial charge in [0.1, 0.15) is 5.75 Å². The van der Waals surface area contributed by atoms with Gasteiger partial charge in [-0.15, -0.1) is 0 Å². The van der Waals surface area contributed by atoms with E-state index in [-0.39, 0.29) is 12.5 Å². The van der Waals surface area contributed by atoms with Crippen molar-refractivity contribution in [3.05, 3.63) is 28.8 Å². The van der Waals surface area contributed by atoms with Gasteiger partial charge in [-0.3, -0.25) is 4.79 Å². The average molecular weight is 284 g/mol. The molecule has 1 unspecified atom stereocenters. The zero-order chi connectivity index (χ0) is 14.0. The summed E-state index contributed by atoms with van der Waals surface area (Å²) < 4.78 is 5.50. The van der Waals surface area contributed by atoms with E-state index in [9.17, 15) is 9.90 Å². The van der Waals surface area contributed by atoms with Gasteiger partial charge in [-0.2, -0.15) is 0 Å². The minimum Gasteiger partial charge on any atom is -0.483 e. The first kappa shape index (κ1) is 14.2. The van der Waals surface area contributed by atoms with Crippen LogP contribution in [0.1, 0.15) is 31.4 Å². The van der Waals surface area contributed by atoms with E-state index < -0.39 is 6.10 Å². The number of ether oxygens (including phenoxy) is 1. The van der Waals surface area contributed by atoms with Crippen molar-refractivity contribution in [2.75, 3.05) is 13.7 Å². The number of rotatable bonds is 5. The number of aliphatic hydroxyl groups is 1. The zero-order valence-electron chi connectivity index (χ0n) is 11.1. The Bertz CT molecular complexity index is 472. The molecule has 0 aliphatic heterocycles. The summed E-state index contributed by atoms with van der Waals surface area (Å²) in [6.07, 6.45) is 1.45. The molecule has 0 bridgehead atoms. The molecule has 1 fully saturated rings. The maximum atomic E-state index is 11.9. The molecule has 1 aliphatic rings. The molecule has 1 atom stereocenters. The summed E-state index contributed by atoms with van der Waals surface area (Å²) in [6.45, 7) is 1.62. The van der Waals surface area contributed by atoms with Crippen molar-refractivity contribution in [2.24, 2.45) is 0 Å². The lowest BCUT2D eigenvalue weighted by atomic mass is 10.1. The van der Waals surface area contributed by atoms with Crippen molar-refractivity contribution >= 4 is 17.5 Å². The van der Waals surface area contributed by atoms with Crippen LogP contribution in [-0.2, 0) is 4.79 Å². The summed E-state index contributed by atoms with van der Waals surface area (Å²) in [7, 11) is 1.79. The van der Waals surface area contributed by atoms with Crippen LogP contribution in [0.15, 0.2) is 18.2 Å². The largest absolute Gasteiger partial charge is 0.483 e. The number of likely N-dealkylation sites (N-methyl/N-ethyl adjacent to an activating group) is 1. The molecule has 104 valence electrons. The van der Waals surface area contributed by atoms with Gasteiger partial charge in [0, 0.05) is 23.7 Å². The molecule has 2 rings (SSSR count). The van der Waals surface area contributed by atoms with Crippen molar-refractivity contribution in [1.82, 2.24) is 4.90 Å². The van der Waals surface area contributed by atoms with E-state index in [1.54, 1.807) is 37.1 Å². The minimum absolute atomic E-state index is 0.0195. The third-order valence-corrected chi connectivity index (χ3v) is 3.50. The van der Waals surface area contributed by atoms with E-state index in [1.807, 2.05) is 0 Å². The second-order valence-corrected chi connectivity index (χ2v) is 5.32. The van der Waals surface area contributed by atoms with E-state index in [0.29, 0.717) is 22.4 Å². The Balaban J connectivity index is 2.00. The monoisotopic (exact) mass is 283 g/mol. The van der Waals surface area contributed by atoms with Gasteiger partial charge in [-0.05, 0) is 38.0 Å². The second-order valence-electron chi connectivity index (χ2n) is 4.88. The smallest absolute Gasteiger partial charge is 0.260 e. The van der Waals surface area contributed by atoms with E-state index in [2.05, 4.69) is 0 Å². The predicted molar refractivity (Wildman–Crippen MR) is 73.4 cm³/mol. The molecular formula is C14H18ClNO3. The second kappa shape index (κ2) is 5.80. The fourth-order valence-electron chi connectivity index (χ4n) is 1.88. The molecule has 1 amide bonds. The van der Waals surface area contributed by atoms with Crippen molar-refractivity contribution < 1.29 is 14.6 Å². The first-order valence-corrected chi connectivity index (χ1v) is 6.73. The SMILES string of the molecule is CC(O)c1cc(Cl)ccc1OCC(=O)N(C)C1CC1. The van der Waals surface area contributed by atoms with Gasteiger partial charge in [-0.25, -0.2) is 0 Å². The fourth-order valence-corrected chi connectivity index (χ4v) is 2.06. The van der Waals surface area contributed by atoms with Crippen LogP contribution in [0.25, 0.3) is 0 Å². The standard InChI is InChI=1S/C14H18ClNO3/c1-9(17)12-7-10(15)3-6-13(12)19-8-14(18)16(2)11-4-5-11/h3,6-7,9,11,17H,4-5,8H2,1-2H3. The predicted octanol–water partition coefficient (Wildman–Crippen LogP) is 2.39. The van der Waals surface area contributed by atoms with Gasteiger partial charge in [0.25, 0.3) is 5.91 Å². The van der Waals surface area contributed by atoms with Crippen LogP contribution in [0, 0.1) is 0 Å². The molecule has 19 heavy (non-hydrogen) atoms. The van der Waals surface area contributed by atoms with Gasteiger partial charge < -0.3 is 14.7 Å². The van der Waals surface area contributed by atoms with Crippen molar-refractivity contribution in [3.8, 4) is 5.75 Å². The molecule has 0 aromatic heterocycles. The van der Waals surface area contributed by atoms with Crippen LogP contribution in [0.3, 0.4) is 0 Å². The van der Waals surface area contributed by atoms with Crippen LogP contribution < -0.4 is 4.74 Å². The maximum Gasteiger partial charge on any atom is 0.260 e. The number of carbonyl (C=O) groups excluding carboxylic acids is 1. The van der Waals surface area contributed by atoms with Gasteiger partial charge in [0.15, 0.2) is 6.61 Å². The highest BCUT2D eigenvalue weighted by Gasteiger charge is 2.29. The number of aliphatic hydroxyl groups excluding tert-OH is 1. The summed E-state index contributed by atoms with van der Waals surface area (Å²) >= 11 is 5.88. The number of amides is 1. The molecule has 0 radical (unpaired) electrons. The molecule has 0 spiro atoms. The molecule has 0 saturated heterocycles. The Morgan fingerprint density at radius 2 is 2.26 bits per heavy atom. The molecule has 5 heteroatoms. The lowest BCUT2D eigenvalue weighted by Gasteiger charge is -2.18. The summed E-state index contributed by atoms with van der Waals surface area (Å²) in [5, 5.41) is 10.2. The van der Waals surface area contributed by atoms with Crippen molar-refractivity contribution in [2.45, 2.75) is 31.9 Å². The quantitative estimate of drug-likeness (QED) is 0.903. The summed E-state index contributed by atoms with van der Waals surface area (Å²) in [4.78, 5) is 13.6. The van der Waals surface area contributed by atoms with Crippen LogP contribution in [-0.4, -0.2) is 35.6 Å². The summed E-state index contributed by atoms with van der Waals surface area (Å²) in [6, 6.07) is 5.38. The lowest BCUT2D eigenvalue weighted by molar-refractivity contribution is -0.132. The highest BCUT2D eigenvalue weighted by molar-refractivity contribution is 6.30. The molecule has 0 heterocycles. The Kier molecular flexibility index (Phi) is 4.32. The minimum atomic E-state index is -0.690. The third-order valence-electron chi connectivity index (χ3n) is 3.26. The van der Waals surface area contributed by atoms with Crippen LogP contribution in [0.4, 0.5) is 0 Å². The van der Waals surface area contributed by atoms with Gasteiger partial charge in [-0.1, -0.05) is 11.6 Å². The first-order chi connectivity index (χ1) is 8.99. The van der Waals surface area contributed by atoms with Crippen LogP contribution in [0.2, 0.25) is 5.02 Å². The van der Waals surface area contributed by atoms with E-state index >= 15 is 0 Å². The van der Waals surface area contributed by atoms with Gasteiger partial charge in [0.05, 0.1) is 6.10 Å². The molecule has 1 saturated carbocycles. The normalized spacial score (nSPS) is 16.0. The molecule has 1 N–H and O–H groups in total. The maximum absolute atomic E-state index is 11.9.